The fraction of sp³-hybridized carbons (Fsp3) is 0.214. The molecule has 0 spiro atoms. The van der Waals surface area contributed by atoms with E-state index in [2.05, 4.69) is 9.97 Å². The van der Waals surface area contributed by atoms with Crippen LogP contribution < -0.4 is 0 Å². The zero-order valence-electron chi connectivity index (χ0n) is 9.71. The Morgan fingerprint density at radius 1 is 1.29 bits per heavy atom. The Bertz CT molecular complexity index is 497. The summed E-state index contributed by atoms with van der Waals surface area (Å²) in [4.78, 5) is 19.6. The predicted octanol–water partition coefficient (Wildman–Crippen LogP) is 2.31. The molecule has 0 fully saturated rings. The molecule has 2 aromatic rings. The van der Waals surface area contributed by atoms with Crippen LogP contribution in [0.25, 0.3) is 0 Å². The van der Waals surface area contributed by atoms with Gasteiger partial charge in [-0.2, -0.15) is 0 Å². The first-order valence-corrected chi connectivity index (χ1v) is 5.57. The zero-order chi connectivity index (χ0) is 12.1. The average Bonchev–Trinajstić information content (AvgIpc) is 2.37. The number of hydrogen-bond donors (Lipinski definition) is 0. The smallest absolute Gasteiger partial charge is 0.129 e. The molecule has 86 valence electrons. The highest BCUT2D eigenvalue weighted by atomic mass is 16.1. The summed E-state index contributed by atoms with van der Waals surface area (Å²) in [7, 11) is 0. The van der Waals surface area contributed by atoms with Crippen molar-refractivity contribution in [2.24, 2.45) is 0 Å². The Hall–Kier alpha value is -2.03. The van der Waals surface area contributed by atoms with Gasteiger partial charge >= 0.3 is 0 Å². The predicted molar refractivity (Wildman–Crippen MR) is 65.7 cm³/mol. The number of nitrogens with zero attached hydrogens (tertiary/aromatic N) is 2. The summed E-state index contributed by atoms with van der Waals surface area (Å²) in [5.74, 6) is -0.195. The second kappa shape index (κ2) is 5.34. The first-order chi connectivity index (χ1) is 8.29. The molecule has 0 aliphatic rings. The highest BCUT2D eigenvalue weighted by molar-refractivity contribution is 5.61. The van der Waals surface area contributed by atoms with Crippen molar-refractivity contribution in [3.63, 3.8) is 0 Å². The molecule has 0 amide bonds. The minimum atomic E-state index is -0.195. The maximum Gasteiger partial charge on any atom is 0.129 e. The molecular weight excluding hydrogens is 212 g/mol. The number of rotatable bonds is 4. The van der Waals surface area contributed by atoms with Crippen molar-refractivity contribution in [3.8, 4) is 0 Å². The Morgan fingerprint density at radius 3 is 2.82 bits per heavy atom. The highest BCUT2D eigenvalue weighted by Gasteiger charge is 2.12. The molecule has 0 aliphatic heterocycles. The molecule has 0 bridgehead atoms. The SMILES string of the molecule is Cc1cccc(C(C=O)Cc2cccnc2)n1. The van der Waals surface area contributed by atoms with Crippen LogP contribution in [0.2, 0.25) is 0 Å². The second-order valence-corrected chi connectivity index (χ2v) is 4.01. The molecule has 0 saturated heterocycles. The van der Waals surface area contributed by atoms with Crippen LogP contribution in [0.5, 0.6) is 0 Å². The summed E-state index contributed by atoms with van der Waals surface area (Å²) < 4.78 is 0. The van der Waals surface area contributed by atoms with Crippen molar-refractivity contribution in [1.82, 2.24) is 9.97 Å². The van der Waals surface area contributed by atoms with Crippen LogP contribution in [0.15, 0.2) is 42.7 Å². The molecule has 2 heterocycles. The molecule has 0 saturated carbocycles. The summed E-state index contributed by atoms with van der Waals surface area (Å²) in [6.45, 7) is 1.93. The Morgan fingerprint density at radius 2 is 2.18 bits per heavy atom. The number of hydrogen-bond acceptors (Lipinski definition) is 3. The van der Waals surface area contributed by atoms with Crippen LogP contribution >= 0.6 is 0 Å². The van der Waals surface area contributed by atoms with Crippen molar-refractivity contribution < 1.29 is 4.79 Å². The van der Waals surface area contributed by atoms with Gasteiger partial charge < -0.3 is 4.79 Å². The maximum absolute atomic E-state index is 11.2. The third-order valence-corrected chi connectivity index (χ3v) is 2.63. The Kier molecular flexibility index (Phi) is 3.60. The third kappa shape index (κ3) is 2.97. The lowest BCUT2D eigenvalue weighted by Gasteiger charge is -2.10. The van der Waals surface area contributed by atoms with E-state index in [4.69, 9.17) is 0 Å². The second-order valence-electron chi connectivity index (χ2n) is 4.01. The van der Waals surface area contributed by atoms with Gasteiger partial charge in [0.05, 0.1) is 11.6 Å². The van der Waals surface area contributed by atoms with Crippen molar-refractivity contribution in [2.75, 3.05) is 0 Å². The van der Waals surface area contributed by atoms with Crippen molar-refractivity contribution in [3.05, 3.63) is 59.7 Å². The van der Waals surface area contributed by atoms with Crippen LogP contribution in [-0.4, -0.2) is 16.3 Å². The van der Waals surface area contributed by atoms with Crippen LogP contribution in [0.4, 0.5) is 0 Å². The molecule has 0 aromatic carbocycles. The van der Waals surface area contributed by atoms with Crippen molar-refractivity contribution in [1.29, 1.82) is 0 Å². The van der Waals surface area contributed by atoms with Gasteiger partial charge in [0.2, 0.25) is 0 Å². The van der Waals surface area contributed by atoms with Crippen molar-refractivity contribution in [2.45, 2.75) is 19.3 Å². The minimum Gasteiger partial charge on any atom is -0.303 e. The molecule has 0 N–H and O–H groups in total. The van der Waals surface area contributed by atoms with Gasteiger partial charge in [-0.25, -0.2) is 0 Å². The van der Waals surface area contributed by atoms with Gasteiger partial charge in [-0.05, 0) is 37.1 Å². The topological polar surface area (TPSA) is 42.9 Å². The molecule has 1 atom stereocenters. The van der Waals surface area contributed by atoms with Crippen LogP contribution in [0.3, 0.4) is 0 Å². The van der Waals surface area contributed by atoms with Gasteiger partial charge in [0, 0.05) is 18.1 Å². The monoisotopic (exact) mass is 226 g/mol. The quantitative estimate of drug-likeness (QED) is 0.751. The lowest BCUT2D eigenvalue weighted by atomic mass is 9.98. The lowest BCUT2D eigenvalue weighted by molar-refractivity contribution is -0.109. The van der Waals surface area contributed by atoms with E-state index in [0.717, 1.165) is 23.2 Å². The highest BCUT2D eigenvalue weighted by Crippen LogP contribution is 2.16. The van der Waals surface area contributed by atoms with Crippen LogP contribution in [0.1, 0.15) is 22.9 Å². The number of aromatic nitrogens is 2. The Balaban J connectivity index is 2.20. The van der Waals surface area contributed by atoms with E-state index in [1.807, 2.05) is 37.3 Å². The average molecular weight is 226 g/mol. The summed E-state index contributed by atoms with van der Waals surface area (Å²) in [5.41, 5.74) is 2.80. The van der Waals surface area contributed by atoms with E-state index in [1.54, 1.807) is 12.4 Å². The number of aldehydes is 1. The van der Waals surface area contributed by atoms with Crippen LogP contribution in [-0.2, 0) is 11.2 Å². The van der Waals surface area contributed by atoms with E-state index in [1.165, 1.54) is 0 Å². The fourth-order valence-electron chi connectivity index (χ4n) is 1.77. The van der Waals surface area contributed by atoms with E-state index in [0.29, 0.717) is 6.42 Å². The van der Waals surface area contributed by atoms with Gasteiger partial charge in [-0.1, -0.05) is 12.1 Å². The lowest BCUT2D eigenvalue weighted by Crippen LogP contribution is -2.07. The molecule has 1 unspecified atom stereocenters. The third-order valence-electron chi connectivity index (χ3n) is 2.63. The van der Waals surface area contributed by atoms with Gasteiger partial charge in [0.1, 0.15) is 6.29 Å². The molecule has 2 rings (SSSR count). The summed E-state index contributed by atoms with van der Waals surface area (Å²) in [6, 6.07) is 9.59. The number of carbonyl (C=O) groups is 1. The zero-order valence-corrected chi connectivity index (χ0v) is 9.71. The number of pyridine rings is 2. The molecular formula is C14H14N2O. The largest absolute Gasteiger partial charge is 0.303 e. The van der Waals surface area contributed by atoms with E-state index in [9.17, 15) is 4.79 Å². The fourth-order valence-corrected chi connectivity index (χ4v) is 1.77. The summed E-state index contributed by atoms with van der Waals surface area (Å²) in [6.07, 6.45) is 5.11. The normalized spacial score (nSPS) is 12.1. The molecule has 17 heavy (non-hydrogen) atoms. The van der Waals surface area contributed by atoms with Crippen molar-refractivity contribution >= 4 is 6.29 Å². The molecule has 0 aliphatic carbocycles. The molecule has 2 aromatic heterocycles. The maximum atomic E-state index is 11.2. The van der Waals surface area contributed by atoms with E-state index in [-0.39, 0.29) is 5.92 Å². The summed E-state index contributed by atoms with van der Waals surface area (Å²) >= 11 is 0. The molecule has 3 nitrogen and oxygen atoms in total. The van der Waals surface area contributed by atoms with Gasteiger partial charge in [-0.15, -0.1) is 0 Å². The molecule has 3 heteroatoms. The minimum absolute atomic E-state index is 0.195. The van der Waals surface area contributed by atoms with E-state index >= 15 is 0 Å². The standard InChI is InChI=1S/C14H14N2O/c1-11-4-2-6-14(16-11)13(10-17)8-12-5-3-7-15-9-12/h2-7,9-10,13H,8H2,1H3. The van der Waals surface area contributed by atoms with Crippen LogP contribution in [0, 0.1) is 6.92 Å². The molecule has 0 radical (unpaired) electrons. The first kappa shape index (κ1) is 11.5. The van der Waals surface area contributed by atoms with E-state index < -0.39 is 0 Å². The van der Waals surface area contributed by atoms with Gasteiger partial charge in [-0.3, -0.25) is 9.97 Å². The number of aryl methyl sites for hydroxylation is 1. The number of carbonyl (C=O) groups excluding carboxylic acids is 1. The first-order valence-electron chi connectivity index (χ1n) is 5.57. The van der Waals surface area contributed by atoms with Gasteiger partial charge in [0.15, 0.2) is 0 Å². The summed E-state index contributed by atoms with van der Waals surface area (Å²) in [5, 5.41) is 0. The Labute approximate surface area is 101 Å². The van der Waals surface area contributed by atoms with Gasteiger partial charge in [0.25, 0.3) is 0 Å².